The summed E-state index contributed by atoms with van der Waals surface area (Å²) in [6, 6.07) is 24.6. The minimum Gasteiger partial charge on any atom is -0.289 e. The first-order valence-electron chi connectivity index (χ1n) is 10.9. The van der Waals surface area contributed by atoms with Gasteiger partial charge in [0, 0.05) is 22.3 Å². The molecule has 3 aliphatic carbocycles. The molecule has 0 aromatic heterocycles. The molecule has 0 bridgehead atoms. The quantitative estimate of drug-likeness (QED) is 0.454. The molecule has 0 amide bonds. The van der Waals surface area contributed by atoms with Crippen LogP contribution in [0.2, 0.25) is 0 Å². The highest BCUT2D eigenvalue weighted by molar-refractivity contribution is 6.55. The van der Waals surface area contributed by atoms with Crippen molar-refractivity contribution in [3.63, 3.8) is 0 Å². The van der Waals surface area contributed by atoms with Crippen LogP contribution in [0.1, 0.15) is 46.7 Å². The Labute approximate surface area is 182 Å². The molecule has 31 heavy (non-hydrogen) atoms. The molecule has 1 heteroatoms. The van der Waals surface area contributed by atoms with Crippen LogP contribution < -0.4 is 0 Å². The Hall–Kier alpha value is -3.71. The summed E-state index contributed by atoms with van der Waals surface area (Å²) in [6.45, 7) is 6.67. The van der Waals surface area contributed by atoms with E-state index >= 15 is 0 Å². The summed E-state index contributed by atoms with van der Waals surface area (Å²) in [4.78, 5) is 13.9. The first-order chi connectivity index (χ1) is 15.2. The predicted molar refractivity (Wildman–Crippen MR) is 129 cm³/mol. The highest BCUT2D eigenvalue weighted by Gasteiger charge is 2.42. The van der Waals surface area contributed by atoms with Crippen LogP contribution in [0, 0.1) is 0 Å². The molecular weight excluding hydrogens is 376 g/mol. The van der Waals surface area contributed by atoms with Crippen molar-refractivity contribution in [3.8, 4) is 0 Å². The first-order valence-corrected chi connectivity index (χ1v) is 10.9. The Balaban J connectivity index is 1.72. The number of hydrogen-bond acceptors (Lipinski definition) is 1. The smallest absolute Gasteiger partial charge is 0.195 e. The molecule has 0 N–H and O–H groups in total. The molecule has 148 valence electrons. The van der Waals surface area contributed by atoms with Crippen molar-refractivity contribution >= 4 is 33.6 Å². The molecule has 3 aliphatic rings. The molecule has 6 rings (SSSR count). The maximum Gasteiger partial charge on any atom is 0.195 e. The third-order valence-corrected chi connectivity index (χ3v) is 6.83. The second kappa shape index (κ2) is 6.65. The van der Waals surface area contributed by atoms with E-state index in [9.17, 15) is 4.79 Å². The lowest BCUT2D eigenvalue weighted by Crippen LogP contribution is -2.03. The number of Topliss-reactive ketones (excluding diaryl/α,β-unsaturated/α-hetero) is 1. The molecular formula is C30H22O. The third kappa shape index (κ3) is 2.41. The van der Waals surface area contributed by atoms with Gasteiger partial charge in [0.25, 0.3) is 0 Å². The van der Waals surface area contributed by atoms with Gasteiger partial charge in [-0.15, -0.1) is 0 Å². The van der Waals surface area contributed by atoms with Crippen LogP contribution in [0.25, 0.3) is 27.9 Å². The Kier molecular flexibility index (Phi) is 3.88. The lowest BCUT2D eigenvalue weighted by Gasteiger charge is -2.13. The SMILES string of the molecule is C=C1C2=C(c3ccccc3)C(=O)C(c3ccccc3)=C2c2ccc3c(c21)/C(=C\C)CC3. The second-order valence-corrected chi connectivity index (χ2v) is 8.38. The van der Waals surface area contributed by atoms with Crippen LogP contribution in [0.3, 0.4) is 0 Å². The number of rotatable bonds is 2. The number of carbonyl (C=O) groups excluding carboxylic acids is 1. The maximum atomic E-state index is 13.9. The van der Waals surface area contributed by atoms with Gasteiger partial charge in [0.1, 0.15) is 0 Å². The Morgan fingerprint density at radius 3 is 1.94 bits per heavy atom. The van der Waals surface area contributed by atoms with E-state index < -0.39 is 0 Å². The lowest BCUT2D eigenvalue weighted by atomic mass is 9.90. The monoisotopic (exact) mass is 398 g/mol. The summed E-state index contributed by atoms with van der Waals surface area (Å²) in [5.41, 5.74) is 13.1. The van der Waals surface area contributed by atoms with E-state index in [0.717, 1.165) is 57.4 Å². The van der Waals surface area contributed by atoms with Crippen molar-refractivity contribution in [1.29, 1.82) is 0 Å². The average molecular weight is 399 g/mol. The van der Waals surface area contributed by atoms with Crippen molar-refractivity contribution in [2.75, 3.05) is 0 Å². The molecule has 0 radical (unpaired) electrons. The van der Waals surface area contributed by atoms with E-state index in [1.165, 1.54) is 22.3 Å². The zero-order chi connectivity index (χ0) is 21.1. The van der Waals surface area contributed by atoms with Crippen LogP contribution in [0.15, 0.2) is 91.0 Å². The minimum atomic E-state index is 0.0981. The van der Waals surface area contributed by atoms with Gasteiger partial charge < -0.3 is 0 Å². The fraction of sp³-hybridized carbons (Fsp3) is 0.100. The average Bonchev–Trinajstić information content (AvgIpc) is 3.45. The number of ketones is 1. The molecule has 0 aliphatic heterocycles. The van der Waals surface area contributed by atoms with Crippen molar-refractivity contribution < 1.29 is 4.79 Å². The summed E-state index contributed by atoms with van der Waals surface area (Å²) >= 11 is 0. The van der Waals surface area contributed by atoms with Gasteiger partial charge in [-0.2, -0.15) is 0 Å². The van der Waals surface area contributed by atoms with E-state index in [1.807, 2.05) is 60.7 Å². The van der Waals surface area contributed by atoms with Gasteiger partial charge >= 0.3 is 0 Å². The molecule has 0 saturated heterocycles. The van der Waals surface area contributed by atoms with Crippen LogP contribution in [0.4, 0.5) is 0 Å². The predicted octanol–water partition coefficient (Wildman–Crippen LogP) is 7.01. The Bertz CT molecular complexity index is 1380. The molecule has 0 spiro atoms. The lowest BCUT2D eigenvalue weighted by molar-refractivity contribution is -0.108. The summed E-state index contributed by atoms with van der Waals surface area (Å²) < 4.78 is 0. The molecule has 3 aromatic carbocycles. The first kappa shape index (κ1) is 18.1. The zero-order valence-electron chi connectivity index (χ0n) is 17.5. The maximum absolute atomic E-state index is 13.9. The van der Waals surface area contributed by atoms with E-state index in [4.69, 9.17) is 0 Å². The number of carbonyl (C=O) groups is 1. The van der Waals surface area contributed by atoms with E-state index in [-0.39, 0.29) is 5.78 Å². The summed E-state index contributed by atoms with van der Waals surface area (Å²) in [7, 11) is 0. The van der Waals surface area contributed by atoms with Gasteiger partial charge in [-0.25, -0.2) is 0 Å². The van der Waals surface area contributed by atoms with Gasteiger partial charge in [-0.05, 0) is 64.3 Å². The minimum absolute atomic E-state index is 0.0981. The molecule has 0 heterocycles. The fourth-order valence-electron chi connectivity index (χ4n) is 5.48. The normalized spacial score (nSPS) is 18.2. The molecule has 1 nitrogen and oxygen atoms in total. The highest BCUT2D eigenvalue weighted by Crippen LogP contribution is 2.58. The van der Waals surface area contributed by atoms with Gasteiger partial charge in [0.15, 0.2) is 5.78 Å². The highest BCUT2D eigenvalue weighted by atomic mass is 16.1. The molecule has 0 fully saturated rings. The fourth-order valence-corrected chi connectivity index (χ4v) is 5.48. The van der Waals surface area contributed by atoms with Gasteiger partial charge in [0.05, 0.1) is 0 Å². The Morgan fingerprint density at radius 1 is 0.710 bits per heavy atom. The van der Waals surface area contributed by atoms with Crippen LogP contribution in [0.5, 0.6) is 0 Å². The topological polar surface area (TPSA) is 17.1 Å². The van der Waals surface area contributed by atoms with Gasteiger partial charge in [-0.3, -0.25) is 4.79 Å². The molecule has 0 unspecified atom stereocenters. The van der Waals surface area contributed by atoms with E-state index in [2.05, 4.69) is 31.7 Å². The summed E-state index contributed by atoms with van der Waals surface area (Å²) in [6.07, 6.45) is 4.38. The molecule has 0 saturated carbocycles. The largest absolute Gasteiger partial charge is 0.289 e. The number of aryl methyl sites for hydroxylation is 1. The van der Waals surface area contributed by atoms with Gasteiger partial charge in [-0.1, -0.05) is 85.5 Å². The van der Waals surface area contributed by atoms with Crippen molar-refractivity contribution in [1.82, 2.24) is 0 Å². The van der Waals surface area contributed by atoms with Gasteiger partial charge in [0.2, 0.25) is 0 Å². The zero-order valence-corrected chi connectivity index (χ0v) is 17.5. The van der Waals surface area contributed by atoms with Crippen molar-refractivity contribution in [3.05, 3.63) is 124 Å². The number of benzene rings is 3. The van der Waals surface area contributed by atoms with E-state index in [1.54, 1.807) is 0 Å². The summed E-state index contributed by atoms with van der Waals surface area (Å²) in [5.74, 6) is 0.0981. The molecule has 0 atom stereocenters. The molecule has 3 aromatic rings. The van der Waals surface area contributed by atoms with Crippen LogP contribution in [-0.2, 0) is 11.2 Å². The summed E-state index contributed by atoms with van der Waals surface area (Å²) in [5, 5.41) is 0. The third-order valence-electron chi connectivity index (χ3n) is 6.83. The standard InChI is InChI=1S/C30H22O/c1-3-19-14-15-22-16-17-23-24(26(19)22)18(2)25-27(20-10-6-4-7-11-20)30(31)28(29(23)25)21-12-8-5-9-13-21/h3-13,16-17H,2,14-15H2,1H3/b19-3-. The van der Waals surface area contributed by atoms with E-state index in [0.29, 0.717) is 0 Å². The Morgan fingerprint density at radius 2 is 1.32 bits per heavy atom. The number of fused-ring (bicyclic) bond motifs is 5. The van der Waals surface area contributed by atoms with Crippen molar-refractivity contribution in [2.45, 2.75) is 19.8 Å². The van der Waals surface area contributed by atoms with Crippen molar-refractivity contribution in [2.24, 2.45) is 0 Å². The number of allylic oxidation sites excluding steroid dienone is 7. The number of hydrogen-bond donors (Lipinski definition) is 0. The van der Waals surface area contributed by atoms with Crippen LogP contribution >= 0.6 is 0 Å². The van der Waals surface area contributed by atoms with Crippen LogP contribution in [-0.4, -0.2) is 5.78 Å². The second-order valence-electron chi connectivity index (χ2n) is 8.38.